The SMILES string of the molecule is CCCNC(=O)[C@H](C)N(Cc1ccccc1)C(=O)CCCN1C(=O)c2cccc3cccc1c23. The zero-order valence-electron chi connectivity index (χ0n) is 19.8. The van der Waals surface area contributed by atoms with Gasteiger partial charge < -0.3 is 15.1 Å². The van der Waals surface area contributed by atoms with Gasteiger partial charge in [0.1, 0.15) is 6.04 Å². The monoisotopic (exact) mass is 457 g/mol. The predicted octanol–water partition coefficient (Wildman–Crippen LogP) is 4.52. The lowest BCUT2D eigenvalue weighted by atomic mass is 10.1. The highest BCUT2D eigenvalue weighted by Crippen LogP contribution is 2.37. The van der Waals surface area contributed by atoms with Gasteiger partial charge in [0.05, 0.1) is 5.69 Å². The van der Waals surface area contributed by atoms with Crippen molar-refractivity contribution in [3.8, 4) is 0 Å². The predicted molar refractivity (Wildman–Crippen MR) is 135 cm³/mol. The molecule has 0 saturated heterocycles. The first-order chi connectivity index (χ1) is 16.5. The maximum atomic E-state index is 13.3. The van der Waals surface area contributed by atoms with Crippen molar-refractivity contribution in [3.05, 3.63) is 77.9 Å². The molecule has 0 radical (unpaired) electrons. The molecule has 0 saturated carbocycles. The molecule has 3 aromatic carbocycles. The maximum Gasteiger partial charge on any atom is 0.258 e. The number of anilines is 1. The third-order valence-corrected chi connectivity index (χ3v) is 6.33. The van der Waals surface area contributed by atoms with E-state index in [4.69, 9.17) is 0 Å². The Kier molecular flexibility index (Phi) is 7.26. The summed E-state index contributed by atoms with van der Waals surface area (Å²) in [6, 6.07) is 20.8. The Morgan fingerprint density at radius 1 is 1.00 bits per heavy atom. The zero-order valence-corrected chi connectivity index (χ0v) is 19.8. The summed E-state index contributed by atoms with van der Waals surface area (Å²) in [4.78, 5) is 42.3. The lowest BCUT2D eigenvalue weighted by Gasteiger charge is -2.29. The Morgan fingerprint density at radius 2 is 1.74 bits per heavy atom. The molecule has 1 aliphatic rings. The number of amides is 3. The summed E-state index contributed by atoms with van der Waals surface area (Å²) >= 11 is 0. The second-order valence-corrected chi connectivity index (χ2v) is 8.72. The van der Waals surface area contributed by atoms with Gasteiger partial charge in [-0.05, 0) is 42.8 Å². The van der Waals surface area contributed by atoms with E-state index in [2.05, 4.69) is 5.32 Å². The van der Waals surface area contributed by atoms with Gasteiger partial charge in [0.25, 0.3) is 5.91 Å². The van der Waals surface area contributed by atoms with Crippen LogP contribution in [0.2, 0.25) is 0 Å². The number of nitrogens with one attached hydrogen (secondary N) is 1. The third-order valence-electron chi connectivity index (χ3n) is 6.33. The van der Waals surface area contributed by atoms with Crippen molar-refractivity contribution in [1.82, 2.24) is 10.2 Å². The Labute approximate surface area is 200 Å². The molecule has 6 heteroatoms. The second-order valence-electron chi connectivity index (χ2n) is 8.72. The molecule has 1 N–H and O–H groups in total. The lowest BCUT2D eigenvalue weighted by Crippen LogP contribution is -2.47. The van der Waals surface area contributed by atoms with Crippen molar-refractivity contribution in [2.45, 2.75) is 45.7 Å². The van der Waals surface area contributed by atoms with Crippen molar-refractivity contribution in [2.24, 2.45) is 0 Å². The van der Waals surface area contributed by atoms with Gasteiger partial charge in [0.15, 0.2) is 0 Å². The van der Waals surface area contributed by atoms with Crippen molar-refractivity contribution in [2.75, 3.05) is 18.0 Å². The quantitative estimate of drug-likeness (QED) is 0.487. The molecular weight excluding hydrogens is 426 g/mol. The van der Waals surface area contributed by atoms with Crippen LogP contribution in [0.25, 0.3) is 10.8 Å². The van der Waals surface area contributed by atoms with Crippen LogP contribution in [0.1, 0.15) is 49.0 Å². The van der Waals surface area contributed by atoms with Gasteiger partial charge in [-0.15, -0.1) is 0 Å². The highest BCUT2D eigenvalue weighted by atomic mass is 16.2. The molecule has 0 fully saturated rings. The lowest BCUT2D eigenvalue weighted by molar-refractivity contribution is -0.140. The van der Waals surface area contributed by atoms with E-state index in [0.717, 1.165) is 28.4 Å². The molecule has 6 nitrogen and oxygen atoms in total. The van der Waals surface area contributed by atoms with Crippen molar-refractivity contribution in [3.63, 3.8) is 0 Å². The smallest absolute Gasteiger partial charge is 0.258 e. The Balaban J connectivity index is 1.44. The molecule has 0 spiro atoms. The molecular formula is C28H31N3O3. The molecule has 0 unspecified atom stereocenters. The molecule has 1 aliphatic heterocycles. The van der Waals surface area contributed by atoms with Crippen LogP contribution in [0, 0.1) is 0 Å². The maximum absolute atomic E-state index is 13.3. The first-order valence-corrected chi connectivity index (χ1v) is 12.0. The average Bonchev–Trinajstić information content (AvgIpc) is 3.14. The molecule has 1 heterocycles. The molecule has 34 heavy (non-hydrogen) atoms. The minimum Gasteiger partial charge on any atom is -0.354 e. The number of benzene rings is 3. The number of nitrogens with zero attached hydrogens (tertiary/aromatic N) is 2. The van der Waals surface area contributed by atoms with Crippen LogP contribution in [0.5, 0.6) is 0 Å². The van der Waals surface area contributed by atoms with Crippen LogP contribution in [-0.4, -0.2) is 41.8 Å². The van der Waals surface area contributed by atoms with Crippen LogP contribution in [0.15, 0.2) is 66.7 Å². The summed E-state index contributed by atoms with van der Waals surface area (Å²) in [7, 11) is 0. The minimum absolute atomic E-state index is 0.0206. The van der Waals surface area contributed by atoms with Gasteiger partial charge in [0.2, 0.25) is 11.8 Å². The van der Waals surface area contributed by atoms with Crippen LogP contribution in [-0.2, 0) is 16.1 Å². The number of hydrogen-bond donors (Lipinski definition) is 1. The minimum atomic E-state index is -0.578. The van der Waals surface area contributed by atoms with E-state index in [-0.39, 0.29) is 24.1 Å². The van der Waals surface area contributed by atoms with Gasteiger partial charge >= 0.3 is 0 Å². The number of hydrogen-bond acceptors (Lipinski definition) is 3. The number of rotatable bonds is 10. The summed E-state index contributed by atoms with van der Waals surface area (Å²) in [5.41, 5.74) is 2.59. The zero-order chi connectivity index (χ0) is 24.1. The van der Waals surface area contributed by atoms with Crippen LogP contribution in [0.4, 0.5) is 5.69 Å². The van der Waals surface area contributed by atoms with E-state index in [1.807, 2.05) is 73.7 Å². The van der Waals surface area contributed by atoms with Crippen LogP contribution in [0.3, 0.4) is 0 Å². The number of carbonyl (C=O) groups excluding carboxylic acids is 3. The molecule has 1 atom stereocenters. The van der Waals surface area contributed by atoms with Gasteiger partial charge in [-0.1, -0.05) is 61.5 Å². The summed E-state index contributed by atoms with van der Waals surface area (Å²) < 4.78 is 0. The largest absolute Gasteiger partial charge is 0.354 e. The molecule has 3 aromatic rings. The van der Waals surface area contributed by atoms with Gasteiger partial charge in [-0.25, -0.2) is 0 Å². The molecule has 0 aromatic heterocycles. The number of carbonyl (C=O) groups is 3. The summed E-state index contributed by atoms with van der Waals surface area (Å²) in [5.74, 6) is -0.263. The standard InChI is InChI=1S/C28H31N3O3/c1-3-17-29-27(33)20(2)31(19-21-10-5-4-6-11-21)25(32)16-9-18-30-24-15-8-13-22-12-7-14-23(26(22)24)28(30)34/h4-8,10-15,20H,3,9,16-19H2,1-2H3,(H,29,33)/t20-/m0/s1. The van der Waals surface area contributed by atoms with E-state index >= 15 is 0 Å². The fourth-order valence-electron chi connectivity index (χ4n) is 4.49. The highest BCUT2D eigenvalue weighted by molar-refractivity contribution is 6.25. The van der Waals surface area contributed by atoms with E-state index in [1.54, 1.807) is 16.7 Å². The fraction of sp³-hybridized carbons (Fsp3) is 0.321. The Hall–Kier alpha value is -3.67. The second kappa shape index (κ2) is 10.5. The van der Waals surface area contributed by atoms with E-state index in [1.165, 1.54) is 0 Å². The first kappa shape index (κ1) is 23.5. The topological polar surface area (TPSA) is 69.7 Å². The Morgan fingerprint density at radius 3 is 2.47 bits per heavy atom. The molecule has 176 valence electrons. The molecule has 3 amide bonds. The summed E-state index contributed by atoms with van der Waals surface area (Å²) in [6.07, 6.45) is 1.61. The summed E-state index contributed by atoms with van der Waals surface area (Å²) in [5, 5.41) is 4.92. The molecule has 4 rings (SSSR count). The van der Waals surface area contributed by atoms with E-state index < -0.39 is 6.04 Å². The summed E-state index contributed by atoms with van der Waals surface area (Å²) in [6.45, 7) is 5.17. The van der Waals surface area contributed by atoms with Gasteiger partial charge in [-0.2, -0.15) is 0 Å². The van der Waals surface area contributed by atoms with Crippen molar-refractivity contribution in [1.29, 1.82) is 0 Å². The normalized spacial score (nSPS) is 13.2. The van der Waals surface area contributed by atoms with Crippen LogP contribution < -0.4 is 10.2 Å². The fourth-order valence-corrected chi connectivity index (χ4v) is 4.49. The van der Waals surface area contributed by atoms with Crippen molar-refractivity contribution < 1.29 is 14.4 Å². The van der Waals surface area contributed by atoms with Gasteiger partial charge in [-0.3, -0.25) is 14.4 Å². The first-order valence-electron chi connectivity index (χ1n) is 12.0. The average molecular weight is 458 g/mol. The highest BCUT2D eigenvalue weighted by Gasteiger charge is 2.30. The molecule has 0 bridgehead atoms. The van der Waals surface area contributed by atoms with Crippen molar-refractivity contribution >= 4 is 34.2 Å². The van der Waals surface area contributed by atoms with Gasteiger partial charge in [0, 0.05) is 37.0 Å². The van der Waals surface area contributed by atoms with E-state index in [9.17, 15) is 14.4 Å². The third kappa shape index (κ3) is 4.81. The van der Waals surface area contributed by atoms with E-state index in [0.29, 0.717) is 31.6 Å². The van der Waals surface area contributed by atoms with Crippen LogP contribution >= 0.6 is 0 Å². The molecule has 0 aliphatic carbocycles. The Bertz CT molecular complexity index is 1190.